The van der Waals surface area contributed by atoms with Crippen molar-refractivity contribution in [3.8, 4) is 0 Å². The van der Waals surface area contributed by atoms with Crippen molar-refractivity contribution in [3.05, 3.63) is 0 Å². The number of morpholine rings is 1. The lowest BCUT2D eigenvalue weighted by Crippen LogP contribution is -2.45. The summed E-state index contributed by atoms with van der Waals surface area (Å²) in [4.78, 5) is 2.35. The molecule has 2 rings (SSSR count). The highest BCUT2D eigenvalue weighted by atomic mass is 16.5. The zero-order valence-corrected chi connectivity index (χ0v) is 12.0. The Kier molecular flexibility index (Phi) is 3.54. The van der Waals surface area contributed by atoms with E-state index in [1.807, 2.05) is 0 Å². The molecule has 2 aliphatic rings. The molecule has 0 bridgehead atoms. The van der Waals surface area contributed by atoms with Crippen LogP contribution in [0.4, 0.5) is 0 Å². The second-order valence-corrected chi connectivity index (χ2v) is 6.91. The molecule has 2 fully saturated rings. The lowest BCUT2D eigenvalue weighted by Gasteiger charge is -2.30. The number of hydrogen-bond donors (Lipinski definition) is 1. The Morgan fingerprint density at radius 2 is 1.82 bits per heavy atom. The summed E-state index contributed by atoms with van der Waals surface area (Å²) < 4.78 is 5.75. The van der Waals surface area contributed by atoms with Crippen LogP contribution in [0, 0.1) is 16.7 Å². The average Bonchev–Trinajstić information content (AvgIpc) is 2.60. The zero-order chi connectivity index (χ0) is 12.7. The van der Waals surface area contributed by atoms with Gasteiger partial charge < -0.3 is 15.0 Å². The van der Waals surface area contributed by atoms with E-state index in [1.165, 1.54) is 0 Å². The van der Waals surface area contributed by atoms with Gasteiger partial charge in [0, 0.05) is 19.6 Å². The number of rotatable bonds is 4. The molecule has 3 heteroatoms. The van der Waals surface area contributed by atoms with Crippen LogP contribution in [0.25, 0.3) is 0 Å². The molecular weight excluding hydrogens is 212 g/mol. The van der Waals surface area contributed by atoms with E-state index >= 15 is 0 Å². The van der Waals surface area contributed by atoms with Crippen LogP contribution >= 0.6 is 0 Å². The summed E-state index contributed by atoms with van der Waals surface area (Å²) >= 11 is 0. The van der Waals surface area contributed by atoms with Gasteiger partial charge in [0.2, 0.25) is 0 Å². The molecule has 1 saturated heterocycles. The summed E-state index contributed by atoms with van der Waals surface area (Å²) in [5.41, 5.74) is 0.981. The fourth-order valence-corrected chi connectivity index (χ4v) is 3.22. The summed E-state index contributed by atoms with van der Waals surface area (Å²) in [5.74, 6) is 0.802. The fraction of sp³-hybridized carbons (Fsp3) is 1.00. The number of nitrogens with one attached hydrogen (secondary N) is 1. The smallest absolute Gasteiger partial charge is 0.0826 e. The van der Waals surface area contributed by atoms with Crippen molar-refractivity contribution < 1.29 is 4.74 Å². The number of likely N-dealkylation sites (N-methyl/N-ethyl adjacent to an activating group) is 1. The fourth-order valence-electron chi connectivity index (χ4n) is 3.22. The van der Waals surface area contributed by atoms with Gasteiger partial charge in [-0.05, 0) is 30.3 Å². The largest absolute Gasteiger partial charge is 0.374 e. The minimum atomic E-state index is 0.374. The van der Waals surface area contributed by atoms with Gasteiger partial charge in [-0.2, -0.15) is 0 Å². The summed E-state index contributed by atoms with van der Waals surface area (Å²) in [6.07, 6.45) is 0.374. The van der Waals surface area contributed by atoms with Crippen LogP contribution in [0.1, 0.15) is 27.7 Å². The van der Waals surface area contributed by atoms with E-state index < -0.39 is 0 Å². The van der Waals surface area contributed by atoms with Gasteiger partial charge >= 0.3 is 0 Å². The monoisotopic (exact) mass is 240 g/mol. The Morgan fingerprint density at radius 1 is 1.18 bits per heavy atom. The predicted octanol–water partition coefficient (Wildman–Crippen LogP) is 1.59. The quantitative estimate of drug-likeness (QED) is 0.807. The van der Waals surface area contributed by atoms with E-state index in [4.69, 9.17) is 4.74 Å². The number of nitrogens with zero attached hydrogens (tertiary/aromatic N) is 1. The molecular formula is C14H28N2O. The van der Waals surface area contributed by atoms with Gasteiger partial charge in [0.1, 0.15) is 0 Å². The van der Waals surface area contributed by atoms with Gasteiger partial charge in [0.15, 0.2) is 0 Å². The van der Waals surface area contributed by atoms with E-state index in [9.17, 15) is 0 Å². The zero-order valence-electron chi connectivity index (χ0n) is 12.0. The molecule has 17 heavy (non-hydrogen) atoms. The van der Waals surface area contributed by atoms with Crippen LogP contribution in [0.5, 0.6) is 0 Å². The predicted molar refractivity (Wildman–Crippen MR) is 71.2 cm³/mol. The first-order valence-corrected chi connectivity index (χ1v) is 6.86. The molecule has 1 aliphatic heterocycles. The minimum absolute atomic E-state index is 0.374. The van der Waals surface area contributed by atoms with Gasteiger partial charge in [-0.25, -0.2) is 0 Å². The van der Waals surface area contributed by atoms with Crippen molar-refractivity contribution in [3.63, 3.8) is 0 Å². The van der Waals surface area contributed by atoms with Crippen LogP contribution in [-0.4, -0.2) is 50.8 Å². The van der Waals surface area contributed by atoms with Crippen LogP contribution in [0.2, 0.25) is 0 Å². The molecule has 100 valence electrons. The molecule has 0 spiro atoms. The Labute approximate surface area is 106 Å². The van der Waals surface area contributed by atoms with E-state index in [1.54, 1.807) is 0 Å². The van der Waals surface area contributed by atoms with Gasteiger partial charge in [0.05, 0.1) is 12.7 Å². The highest BCUT2D eigenvalue weighted by molar-refractivity contribution is 5.12. The van der Waals surface area contributed by atoms with Crippen molar-refractivity contribution in [1.82, 2.24) is 10.2 Å². The Morgan fingerprint density at radius 3 is 2.35 bits per heavy atom. The second-order valence-electron chi connectivity index (χ2n) is 6.91. The normalized spacial score (nSPS) is 32.6. The first kappa shape index (κ1) is 13.3. The maximum absolute atomic E-state index is 5.75. The van der Waals surface area contributed by atoms with Crippen molar-refractivity contribution >= 4 is 0 Å². The maximum atomic E-state index is 5.75. The first-order valence-electron chi connectivity index (χ1n) is 6.86. The third kappa shape index (κ3) is 2.51. The molecule has 0 aromatic rings. The van der Waals surface area contributed by atoms with Crippen molar-refractivity contribution in [2.45, 2.75) is 33.8 Å². The van der Waals surface area contributed by atoms with E-state index in [-0.39, 0.29) is 0 Å². The van der Waals surface area contributed by atoms with Crippen LogP contribution < -0.4 is 5.32 Å². The summed E-state index contributed by atoms with van der Waals surface area (Å²) in [6.45, 7) is 14.6. The lowest BCUT2D eigenvalue weighted by molar-refractivity contribution is -0.0182. The number of hydrogen-bond acceptors (Lipinski definition) is 3. The van der Waals surface area contributed by atoms with Crippen LogP contribution in [0.15, 0.2) is 0 Å². The van der Waals surface area contributed by atoms with E-state index in [0.717, 1.165) is 38.7 Å². The third-order valence-corrected chi connectivity index (χ3v) is 5.38. The highest BCUT2D eigenvalue weighted by Crippen LogP contribution is 2.67. The molecule has 1 N–H and O–H groups in total. The van der Waals surface area contributed by atoms with Gasteiger partial charge in [-0.3, -0.25) is 0 Å². The molecule has 1 saturated carbocycles. The van der Waals surface area contributed by atoms with Crippen molar-refractivity contribution in [1.29, 1.82) is 0 Å². The standard InChI is InChI=1S/C14H28N2O/c1-13(2)12(14(13,3)4)9-15-8-11-10-16(5)6-7-17-11/h11-12,15H,6-10H2,1-5H3. The lowest BCUT2D eigenvalue weighted by atomic mass is 10.0. The molecule has 1 heterocycles. The summed E-state index contributed by atoms with van der Waals surface area (Å²) in [7, 11) is 2.17. The summed E-state index contributed by atoms with van der Waals surface area (Å²) in [6, 6.07) is 0. The second kappa shape index (κ2) is 4.52. The van der Waals surface area contributed by atoms with Crippen molar-refractivity contribution in [2.75, 3.05) is 39.8 Å². The van der Waals surface area contributed by atoms with E-state index in [2.05, 4.69) is 45.0 Å². The molecule has 0 radical (unpaired) electrons. The molecule has 1 atom stereocenters. The first-order chi connectivity index (χ1) is 7.85. The highest BCUT2D eigenvalue weighted by Gasteiger charge is 2.63. The number of ether oxygens (including phenoxy) is 1. The molecule has 0 amide bonds. The molecule has 0 aromatic carbocycles. The molecule has 1 aliphatic carbocycles. The molecule has 1 unspecified atom stereocenters. The summed E-state index contributed by atoms with van der Waals surface area (Å²) in [5, 5.41) is 3.60. The van der Waals surface area contributed by atoms with Crippen LogP contribution in [0.3, 0.4) is 0 Å². The van der Waals surface area contributed by atoms with E-state index in [0.29, 0.717) is 16.9 Å². The van der Waals surface area contributed by atoms with Gasteiger partial charge in [0.25, 0.3) is 0 Å². The van der Waals surface area contributed by atoms with Crippen molar-refractivity contribution in [2.24, 2.45) is 16.7 Å². The minimum Gasteiger partial charge on any atom is -0.374 e. The van der Waals surface area contributed by atoms with Gasteiger partial charge in [-0.1, -0.05) is 27.7 Å². The SMILES string of the molecule is CN1CCOC(CNCC2C(C)(C)C2(C)C)C1. The van der Waals surface area contributed by atoms with Crippen LogP contribution in [-0.2, 0) is 4.74 Å². The Bertz CT molecular complexity index is 261. The van der Waals surface area contributed by atoms with Gasteiger partial charge in [-0.15, -0.1) is 0 Å². The topological polar surface area (TPSA) is 24.5 Å². The third-order valence-electron chi connectivity index (χ3n) is 5.38. The maximum Gasteiger partial charge on any atom is 0.0826 e. The Balaban J connectivity index is 1.67. The Hall–Kier alpha value is -0.120. The average molecular weight is 240 g/mol. The molecule has 3 nitrogen and oxygen atoms in total. The molecule has 0 aromatic heterocycles.